The molecule has 1 aliphatic carbocycles. The standard InChI is InChI=1S/C26H39N5/c1-19-6-10-25(11-7-19)26-21(3)31(22(4)27-26)28-20(2)24-12-8-23(9-13-24)18-30-16-14-29(5)15-17-30/h6-7,10-11,23-24H,8-9,12-18H2,1-5H3. The minimum Gasteiger partial charge on any atom is -0.304 e. The van der Waals surface area contributed by atoms with Crippen molar-refractivity contribution in [3.8, 4) is 11.3 Å². The number of hydrogen-bond acceptors (Lipinski definition) is 4. The van der Waals surface area contributed by atoms with Crippen molar-refractivity contribution in [2.24, 2.45) is 16.9 Å². The highest BCUT2D eigenvalue weighted by molar-refractivity contribution is 5.84. The molecule has 0 unspecified atom stereocenters. The third-order valence-electron chi connectivity index (χ3n) is 7.37. The van der Waals surface area contributed by atoms with Gasteiger partial charge in [-0.2, -0.15) is 5.10 Å². The van der Waals surface area contributed by atoms with Gasteiger partial charge in [0.25, 0.3) is 0 Å². The van der Waals surface area contributed by atoms with Crippen LogP contribution < -0.4 is 0 Å². The van der Waals surface area contributed by atoms with Gasteiger partial charge in [-0.1, -0.05) is 29.8 Å². The first-order valence-corrected chi connectivity index (χ1v) is 12.0. The predicted molar refractivity (Wildman–Crippen MR) is 130 cm³/mol. The summed E-state index contributed by atoms with van der Waals surface area (Å²) in [4.78, 5) is 9.96. The van der Waals surface area contributed by atoms with E-state index in [4.69, 9.17) is 10.1 Å². The van der Waals surface area contributed by atoms with Crippen LogP contribution in [0.25, 0.3) is 11.3 Å². The molecule has 1 aliphatic heterocycles. The Hall–Kier alpha value is -1.98. The summed E-state index contributed by atoms with van der Waals surface area (Å²) in [5.41, 5.74) is 5.88. The maximum Gasteiger partial charge on any atom is 0.127 e. The van der Waals surface area contributed by atoms with Gasteiger partial charge in [0.05, 0.1) is 11.4 Å². The number of likely N-dealkylation sites (N-methyl/N-ethyl adjacent to an activating group) is 1. The molecule has 0 atom stereocenters. The largest absolute Gasteiger partial charge is 0.304 e. The molecule has 0 radical (unpaired) electrons. The normalized spacial score (nSPS) is 24.0. The molecule has 5 heteroatoms. The minimum absolute atomic E-state index is 0.604. The molecule has 31 heavy (non-hydrogen) atoms. The number of imidazole rings is 1. The lowest BCUT2D eigenvalue weighted by molar-refractivity contribution is 0.123. The molecule has 2 aromatic rings. The van der Waals surface area contributed by atoms with Gasteiger partial charge < -0.3 is 9.80 Å². The zero-order valence-electron chi connectivity index (χ0n) is 20.1. The molecule has 0 spiro atoms. The Labute approximate surface area is 188 Å². The summed E-state index contributed by atoms with van der Waals surface area (Å²) < 4.78 is 2.06. The van der Waals surface area contributed by atoms with Gasteiger partial charge in [-0.3, -0.25) is 0 Å². The van der Waals surface area contributed by atoms with Gasteiger partial charge in [-0.15, -0.1) is 0 Å². The lowest BCUT2D eigenvalue weighted by Gasteiger charge is -2.37. The van der Waals surface area contributed by atoms with E-state index in [1.165, 1.54) is 75.2 Å². The molecular formula is C26H39N5. The third kappa shape index (κ3) is 5.27. The molecule has 0 amide bonds. The first-order chi connectivity index (χ1) is 14.9. The van der Waals surface area contributed by atoms with E-state index in [0.717, 1.165) is 23.1 Å². The van der Waals surface area contributed by atoms with E-state index in [-0.39, 0.29) is 0 Å². The van der Waals surface area contributed by atoms with Crippen LogP contribution in [0.2, 0.25) is 0 Å². The summed E-state index contributed by atoms with van der Waals surface area (Å²) in [6.07, 6.45) is 5.21. The average Bonchev–Trinajstić information content (AvgIpc) is 3.04. The van der Waals surface area contributed by atoms with E-state index in [1.807, 2.05) is 0 Å². The zero-order chi connectivity index (χ0) is 22.0. The van der Waals surface area contributed by atoms with Gasteiger partial charge >= 0.3 is 0 Å². The van der Waals surface area contributed by atoms with E-state index >= 15 is 0 Å². The van der Waals surface area contributed by atoms with Gasteiger partial charge in [0.1, 0.15) is 5.82 Å². The van der Waals surface area contributed by atoms with Gasteiger partial charge in [-0.05, 0) is 72.3 Å². The molecule has 5 nitrogen and oxygen atoms in total. The van der Waals surface area contributed by atoms with Crippen molar-refractivity contribution in [2.75, 3.05) is 39.8 Å². The average molecular weight is 422 g/mol. The van der Waals surface area contributed by atoms with Gasteiger partial charge in [0, 0.05) is 44.0 Å². The molecule has 2 aliphatic rings. The second-order valence-electron chi connectivity index (χ2n) is 9.83. The third-order valence-corrected chi connectivity index (χ3v) is 7.37. The number of rotatable bonds is 5. The molecule has 168 valence electrons. The van der Waals surface area contributed by atoms with Crippen molar-refractivity contribution in [1.82, 2.24) is 19.5 Å². The predicted octanol–water partition coefficient (Wildman–Crippen LogP) is 4.75. The highest BCUT2D eigenvalue weighted by Gasteiger charge is 2.26. The first-order valence-electron chi connectivity index (χ1n) is 12.0. The maximum absolute atomic E-state index is 5.05. The lowest BCUT2D eigenvalue weighted by Crippen LogP contribution is -2.46. The number of benzene rings is 1. The van der Waals surface area contributed by atoms with E-state index in [9.17, 15) is 0 Å². The second-order valence-corrected chi connectivity index (χ2v) is 9.83. The Kier molecular flexibility index (Phi) is 6.92. The van der Waals surface area contributed by atoms with Crippen LogP contribution in [-0.4, -0.2) is 64.9 Å². The van der Waals surface area contributed by atoms with E-state index in [0.29, 0.717) is 5.92 Å². The number of piperazine rings is 1. The quantitative estimate of drug-likeness (QED) is 0.654. The molecule has 1 saturated carbocycles. The van der Waals surface area contributed by atoms with Crippen LogP contribution in [0.15, 0.2) is 29.4 Å². The summed E-state index contributed by atoms with van der Waals surface area (Å²) in [7, 11) is 2.23. The Morgan fingerprint density at radius 3 is 2.26 bits per heavy atom. The van der Waals surface area contributed by atoms with E-state index < -0.39 is 0 Å². The molecule has 1 aromatic heterocycles. The van der Waals surface area contributed by atoms with Gasteiger partial charge in [-0.25, -0.2) is 9.66 Å². The van der Waals surface area contributed by atoms with E-state index in [2.05, 4.69) is 73.5 Å². The highest BCUT2D eigenvalue weighted by atomic mass is 15.4. The van der Waals surface area contributed by atoms with Crippen molar-refractivity contribution in [3.63, 3.8) is 0 Å². The molecule has 1 saturated heterocycles. The number of aryl methyl sites for hydroxylation is 2. The zero-order valence-corrected chi connectivity index (χ0v) is 20.1. The van der Waals surface area contributed by atoms with Crippen molar-refractivity contribution < 1.29 is 0 Å². The van der Waals surface area contributed by atoms with Crippen molar-refractivity contribution in [2.45, 2.75) is 53.4 Å². The fourth-order valence-electron chi connectivity index (χ4n) is 5.16. The molecule has 4 rings (SSSR count). The van der Waals surface area contributed by atoms with Crippen LogP contribution in [0.5, 0.6) is 0 Å². The Morgan fingerprint density at radius 1 is 0.968 bits per heavy atom. The van der Waals surface area contributed by atoms with Crippen molar-refractivity contribution in [1.29, 1.82) is 0 Å². The molecule has 0 N–H and O–H groups in total. The topological polar surface area (TPSA) is 36.7 Å². The fourth-order valence-corrected chi connectivity index (χ4v) is 5.16. The van der Waals surface area contributed by atoms with Crippen molar-refractivity contribution >= 4 is 5.71 Å². The summed E-state index contributed by atoms with van der Waals surface area (Å²) >= 11 is 0. The monoisotopic (exact) mass is 421 g/mol. The highest BCUT2D eigenvalue weighted by Crippen LogP contribution is 2.31. The number of nitrogens with zero attached hydrogens (tertiary/aromatic N) is 5. The smallest absolute Gasteiger partial charge is 0.127 e. The van der Waals surface area contributed by atoms with Crippen molar-refractivity contribution in [3.05, 3.63) is 41.3 Å². The van der Waals surface area contributed by atoms with Crippen LogP contribution in [0.1, 0.15) is 49.7 Å². The molecule has 0 bridgehead atoms. The summed E-state index contributed by atoms with van der Waals surface area (Å²) in [5, 5.41) is 5.05. The lowest BCUT2D eigenvalue weighted by atomic mass is 9.80. The van der Waals surface area contributed by atoms with Gasteiger partial charge in [0.15, 0.2) is 0 Å². The first kappa shape index (κ1) is 22.2. The van der Waals surface area contributed by atoms with Crippen LogP contribution in [-0.2, 0) is 0 Å². The summed E-state index contributed by atoms with van der Waals surface area (Å²) in [6, 6.07) is 8.62. The van der Waals surface area contributed by atoms with Gasteiger partial charge in [0.2, 0.25) is 0 Å². The second kappa shape index (κ2) is 9.66. The maximum atomic E-state index is 5.05. The summed E-state index contributed by atoms with van der Waals surface area (Å²) in [6.45, 7) is 14.7. The molecule has 2 heterocycles. The Morgan fingerprint density at radius 2 is 1.61 bits per heavy atom. The van der Waals surface area contributed by atoms with Crippen LogP contribution in [0.4, 0.5) is 0 Å². The Balaban J connectivity index is 1.38. The SMILES string of the molecule is CC(=Nn1c(C)nc(-c2ccc(C)cc2)c1C)C1CCC(CN2CCN(C)CC2)CC1. The molecule has 2 fully saturated rings. The number of hydrogen-bond donors (Lipinski definition) is 0. The van der Waals surface area contributed by atoms with E-state index in [1.54, 1.807) is 0 Å². The van der Waals surface area contributed by atoms with Crippen LogP contribution in [0, 0.1) is 32.6 Å². The Bertz CT molecular complexity index is 895. The molecule has 1 aromatic carbocycles. The summed E-state index contributed by atoms with van der Waals surface area (Å²) in [5.74, 6) is 2.43. The van der Waals surface area contributed by atoms with Crippen LogP contribution >= 0.6 is 0 Å². The fraction of sp³-hybridized carbons (Fsp3) is 0.615. The molecular weight excluding hydrogens is 382 g/mol. The minimum atomic E-state index is 0.604. The number of aromatic nitrogens is 2. The van der Waals surface area contributed by atoms with Crippen LogP contribution in [0.3, 0.4) is 0 Å².